The van der Waals surface area contributed by atoms with Crippen LogP contribution in [0.3, 0.4) is 0 Å². The average Bonchev–Trinajstić information content (AvgIpc) is 3.32. The Bertz CT molecular complexity index is 1570. The molecule has 29 nitrogen and oxygen atoms in total. The Balaban J connectivity index is 1.37. The number of carbonyl (C=O) groups is 4. The summed E-state index contributed by atoms with van der Waals surface area (Å²) in [6.45, 7) is -3.27. The Kier molecular flexibility index (Phi) is 23.4. The van der Waals surface area contributed by atoms with E-state index in [0.717, 1.165) is 4.90 Å². The molecule has 4 aliphatic rings. The fraction of sp³-hybridized carbons (Fsp3) is 0.897. The third-order valence-corrected chi connectivity index (χ3v) is 11.6. The summed E-state index contributed by atoms with van der Waals surface area (Å²) in [7, 11) is 1.46. The molecule has 0 saturated carbocycles. The summed E-state index contributed by atoms with van der Waals surface area (Å²) >= 11 is 0. The quantitative estimate of drug-likeness (QED) is 0.0399. The summed E-state index contributed by atoms with van der Waals surface area (Å²) in [4.78, 5) is 51.9. The molecule has 20 atom stereocenters. The summed E-state index contributed by atoms with van der Waals surface area (Å²) < 4.78 is 44.0. The van der Waals surface area contributed by atoms with Crippen molar-refractivity contribution in [1.82, 2.24) is 20.9 Å². The lowest BCUT2D eigenvalue weighted by molar-refractivity contribution is -0.366. The topological polar surface area (TPSA) is 444 Å². The number of carbonyl (C=O) groups excluding carboxylic acids is 4. The number of hydrogen-bond donors (Lipinski definition) is 16. The van der Waals surface area contributed by atoms with Gasteiger partial charge in [0.2, 0.25) is 23.6 Å². The molecular formula is C39H68N4O25. The van der Waals surface area contributed by atoms with Crippen LogP contribution in [0.1, 0.15) is 32.6 Å². The monoisotopic (exact) mass is 992 g/mol. The number of ether oxygens (including phenoxy) is 8. The molecule has 4 fully saturated rings. The van der Waals surface area contributed by atoms with Crippen molar-refractivity contribution in [2.45, 2.75) is 155 Å². The van der Waals surface area contributed by atoms with E-state index in [1.807, 2.05) is 0 Å². The highest BCUT2D eigenvalue weighted by molar-refractivity contribution is 5.89. The molecule has 4 rings (SSSR count). The van der Waals surface area contributed by atoms with Gasteiger partial charge in [0.1, 0.15) is 105 Å². The molecule has 0 aliphatic carbocycles. The van der Waals surface area contributed by atoms with Gasteiger partial charge in [0.15, 0.2) is 25.2 Å². The maximum atomic E-state index is 13.2. The first-order valence-corrected chi connectivity index (χ1v) is 22.1. The minimum absolute atomic E-state index is 0.129. The standard InChI is InChI=1S/C39H68N4O25/c1-16-24(50)28(54)31(57)36(64-16)61-9-7-41-21(47)11-43(23(49)6-4-3-5-20(46)40-2)12-22(48)42-8-10-62-38-34(60)35(68-39-33(59)30(56)26(52)18(14-45)66-39)27(53)19(67-38)15-63-37-32(58)29(55)25(51)17(13-44)65-37/h16-19,24-39,44-45,50-60H,3-15H2,1-2H3,(H,40,46)(H,41,47)(H,42,48)/t16-,17+,18+,19+,24+,25+,26+,27+,28+,29-,30-,31-,32-,33-,34-,35-,36?,37-,38-,39+/m0/s1. The SMILES string of the molecule is CNC(=O)CCCCC(=O)N(CC(=O)NCCOC1O[C@@H](C)[C@@H](O)[C@@H](O)[C@@H]1O)CC(=O)NCCO[C@H]1O[C@H](CO[C@H]2O[C@H](CO)[C@@H](O)[C@H](O)[C@@H]2O)[C@@H](O)[C@H](O[C@H]2O[C@H](CO)[C@@H](O)[C@H](O)[C@@H]2O)[C@@H]1O. The van der Waals surface area contributed by atoms with E-state index in [2.05, 4.69) is 16.0 Å². The zero-order valence-electron chi connectivity index (χ0n) is 37.4. The Morgan fingerprint density at radius 3 is 1.50 bits per heavy atom. The van der Waals surface area contributed by atoms with E-state index in [1.165, 1.54) is 14.0 Å². The first kappa shape index (κ1) is 57.6. The van der Waals surface area contributed by atoms with Crippen LogP contribution in [0.4, 0.5) is 0 Å². The number of nitrogens with zero attached hydrogens (tertiary/aromatic N) is 1. The summed E-state index contributed by atoms with van der Waals surface area (Å²) in [5.41, 5.74) is 0. The number of aliphatic hydroxyl groups excluding tert-OH is 13. The lowest BCUT2D eigenvalue weighted by Crippen LogP contribution is -2.65. The van der Waals surface area contributed by atoms with E-state index in [9.17, 15) is 85.6 Å². The lowest BCUT2D eigenvalue weighted by atomic mass is 9.96. The zero-order valence-corrected chi connectivity index (χ0v) is 37.4. The van der Waals surface area contributed by atoms with Gasteiger partial charge in [0.05, 0.1) is 39.1 Å². The van der Waals surface area contributed by atoms with E-state index in [1.54, 1.807) is 0 Å². The maximum absolute atomic E-state index is 13.2. The predicted octanol–water partition coefficient (Wildman–Crippen LogP) is -10.3. The highest BCUT2D eigenvalue weighted by Crippen LogP contribution is 2.31. The maximum Gasteiger partial charge on any atom is 0.239 e. The van der Waals surface area contributed by atoms with E-state index in [4.69, 9.17) is 37.9 Å². The highest BCUT2D eigenvalue weighted by Gasteiger charge is 2.52. The van der Waals surface area contributed by atoms with Crippen molar-refractivity contribution in [2.24, 2.45) is 0 Å². The fourth-order valence-corrected chi connectivity index (χ4v) is 7.49. The van der Waals surface area contributed by atoms with Crippen LogP contribution in [0, 0.1) is 0 Å². The minimum Gasteiger partial charge on any atom is -0.394 e. The molecule has 394 valence electrons. The first-order valence-electron chi connectivity index (χ1n) is 22.1. The first-order chi connectivity index (χ1) is 32.2. The molecule has 4 heterocycles. The van der Waals surface area contributed by atoms with Crippen molar-refractivity contribution in [1.29, 1.82) is 0 Å². The fourth-order valence-electron chi connectivity index (χ4n) is 7.49. The van der Waals surface area contributed by atoms with Gasteiger partial charge in [-0.1, -0.05) is 0 Å². The number of aliphatic hydroxyl groups is 13. The van der Waals surface area contributed by atoms with Crippen molar-refractivity contribution in [3.8, 4) is 0 Å². The molecule has 0 aromatic carbocycles. The molecule has 1 unspecified atom stereocenters. The second-order valence-corrected chi connectivity index (χ2v) is 16.6. The van der Waals surface area contributed by atoms with Crippen molar-refractivity contribution in [3.05, 3.63) is 0 Å². The molecule has 0 radical (unpaired) electrons. The molecule has 68 heavy (non-hydrogen) atoms. The number of unbranched alkanes of at least 4 members (excludes halogenated alkanes) is 1. The molecule has 4 amide bonds. The van der Waals surface area contributed by atoms with Crippen LogP contribution in [0.2, 0.25) is 0 Å². The van der Waals surface area contributed by atoms with Gasteiger partial charge in [-0.2, -0.15) is 0 Å². The second-order valence-electron chi connectivity index (χ2n) is 16.6. The Morgan fingerprint density at radius 2 is 0.971 bits per heavy atom. The Labute approximate surface area is 389 Å². The molecule has 0 aromatic rings. The number of rotatable bonds is 24. The Hall–Kier alpha value is -2.96. The smallest absolute Gasteiger partial charge is 0.239 e. The molecule has 16 N–H and O–H groups in total. The largest absolute Gasteiger partial charge is 0.394 e. The zero-order chi connectivity index (χ0) is 50.4. The normalized spacial score (nSPS) is 38.6. The van der Waals surface area contributed by atoms with Gasteiger partial charge in [-0.05, 0) is 19.8 Å². The number of nitrogens with one attached hydrogen (secondary N) is 3. The van der Waals surface area contributed by atoms with E-state index in [0.29, 0.717) is 6.42 Å². The third-order valence-electron chi connectivity index (χ3n) is 11.6. The van der Waals surface area contributed by atoms with Gasteiger partial charge >= 0.3 is 0 Å². The number of hydrogen-bond acceptors (Lipinski definition) is 25. The second kappa shape index (κ2) is 27.6. The summed E-state index contributed by atoms with van der Waals surface area (Å²) in [6.07, 6.45) is -32.5. The van der Waals surface area contributed by atoms with Gasteiger partial charge < -0.3 is 125 Å². The number of amides is 4. The van der Waals surface area contributed by atoms with Crippen LogP contribution < -0.4 is 16.0 Å². The van der Waals surface area contributed by atoms with Crippen LogP contribution in [-0.4, -0.2) is 284 Å². The third kappa shape index (κ3) is 15.5. The van der Waals surface area contributed by atoms with Gasteiger partial charge in [0, 0.05) is 33.0 Å². The van der Waals surface area contributed by atoms with Gasteiger partial charge in [-0.25, -0.2) is 0 Å². The molecule has 4 saturated heterocycles. The predicted molar refractivity (Wildman–Crippen MR) is 218 cm³/mol. The van der Waals surface area contributed by atoms with Crippen molar-refractivity contribution in [2.75, 3.05) is 66.3 Å². The minimum atomic E-state index is -1.98. The van der Waals surface area contributed by atoms with Crippen LogP contribution in [0.15, 0.2) is 0 Å². The van der Waals surface area contributed by atoms with Crippen LogP contribution in [0.5, 0.6) is 0 Å². The van der Waals surface area contributed by atoms with Gasteiger partial charge in [-0.15, -0.1) is 0 Å². The lowest BCUT2D eigenvalue weighted by Gasteiger charge is -2.46. The van der Waals surface area contributed by atoms with E-state index >= 15 is 0 Å². The van der Waals surface area contributed by atoms with E-state index < -0.39 is 180 Å². The van der Waals surface area contributed by atoms with Gasteiger partial charge in [0.25, 0.3) is 0 Å². The Morgan fingerprint density at radius 1 is 0.515 bits per heavy atom. The summed E-state index contributed by atoms with van der Waals surface area (Å²) in [5.74, 6) is -2.36. The molecule has 29 heteroatoms. The van der Waals surface area contributed by atoms with E-state index in [-0.39, 0.29) is 44.9 Å². The molecule has 0 aromatic heterocycles. The van der Waals surface area contributed by atoms with Crippen LogP contribution in [-0.2, 0) is 57.1 Å². The summed E-state index contributed by atoms with van der Waals surface area (Å²) in [6, 6.07) is 0. The summed E-state index contributed by atoms with van der Waals surface area (Å²) in [5, 5.41) is 141. The van der Waals surface area contributed by atoms with Crippen molar-refractivity contribution < 1.29 is 123 Å². The average molecular weight is 993 g/mol. The van der Waals surface area contributed by atoms with Crippen LogP contribution in [0.25, 0.3) is 0 Å². The highest BCUT2D eigenvalue weighted by atomic mass is 16.8. The molecule has 0 bridgehead atoms. The molecule has 0 spiro atoms. The van der Waals surface area contributed by atoms with Crippen molar-refractivity contribution >= 4 is 23.6 Å². The van der Waals surface area contributed by atoms with Gasteiger partial charge in [-0.3, -0.25) is 19.2 Å². The molecular weight excluding hydrogens is 924 g/mol. The molecule has 4 aliphatic heterocycles. The van der Waals surface area contributed by atoms with Crippen LogP contribution >= 0.6 is 0 Å². The van der Waals surface area contributed by atoms with Crippen molar-refractivity contribution in [3.63, 3.8) is 0 Å².